The SMILES string of the molecule is Cc1ccc(-c2nc(CCN=C(N)Nc3ccc(OC(F)(F)F)cc3)co2)cc1.I. The molecule has 10 heteroatoms. The molecule has 0 spiro atoms. The monoisotopic (exact) mass is 532 g/mol. The Bertz CT molecular complexity index is 971. The van der Waals surface area contributed by atoms with E-state index in [0.29, 0.717) is 24.5 Å². The van der Waals surface area contributed by atoms with Crippen LogP contribution < -0.4 is 15.8 Å². The molecule has 0 atom stereocenters. The first-order valence-electron chi connectivity index (χ1n) is 8.73. The molecule has 0 aliphatic heterocycles. The zero-order chi connectivity index (χ0) is 20.9. The summed E-state index contributed by atoms with van der Waals surface area (Å²) in [6.07, 6.45) is -2.63. The van der Waals surface area contributed by atoms with Crippen LogP contribution in [0.1, 0.15) is 11.3 Å². The van der Waals surface area contributed by atoms with Crippen molar-refractivity contribution in [1.29, 1.82) is 0 Å². The number of nitrogens with zero attached hydrogens (tertiary/aromatic N) is 2. The highest BCUT2D eigenvalue weighted by atomic mass is 127. The summed E-state index contributed by atoms with van der Waals surface area (Å²) in [5.41, 5.74) is 9.08. The minimum absolute atomic E-state index is 0. The first kappa shape index (κ1) is 23.5. The van der Waals surface area contributed by atoms with Gasteiger partial charge in [0, 0.05) is 24.2 Å². The van der Waals surface area contributed by atoms with E-state index in [-0.39, 0.29) is 35.7 Å². The Hall–Kier alpha value is -2.76. The molecule has 1 heterocycles. The van der Waals surface area contributed by atoms with Crippen molar-refractivity contribution in [3.8, 4) is 17.2 Å². The number of halogens is 4. The third-order valence-corrected chi connectivity index (χ3v) is 3.86. The summed E-state index contributed by atoms with van der Waals surface area (Å²) in [6, 6.07) is 13.0. The zero-order valence-corrected chi connectivity index (χ0v) is 18.3. The van der Waals surface area contributed by atoms with Gasteiger partial charge in [-0.2, -0.15) is 0 Å². The lowest BCUT2D eigenvalue weighted by atomic mass is 10.1. The van der Waals surface area contributed by atoms with Crippen LogP contribution in [0.5, 0.6) is 5.75 Å². The molecule has 0 aliphatic rings. The average Bonchev–Trinajstić information content (AvgIpc) is 3.12. The average molecular weight is 532 g/mol. The number of nitrogens with one attached hydrogen (secondary N) is 1. The van der Waals surface area contributed by atoms with Gasteiger partial charge < -0.3 is 20.2 Å². The number of hydrogen-bond acceptors (Lipinski definition) is 4. The topological polar surface area (TPSA) is 85.7 Å². The fourth-order valence-corrected chi connectivity index (χ4v) is 2.47. The minimum atomic E-state index is -4.73. The van der Waals surface area contributed by atoms with E-state index in [2.05, 4.69) is 20.0 Å². The number of aliphatic imine (C=N–C) groups is 1. The van der Waals surface area contributed by atoms with Gasteiger partial charge in [-0.05, 0) is 43.3 Å². The van der Waals surface area contributed by atoms with Gasteiger partial charge in [0.2, 0.25) is 5.89 Å². The van der Waals surface area contributed by atoms with Crippen molar-refractivity contribution in [3.63, 3.8) is 0 Å². The molecule has 6 nitrogen and oxygen atoms in total. The predicted octanol–water partition coefficient (Wildman–Crippen LogP) is 5.14. The Morgan fingerprint density at radius 1 is 1.13 bits per heavy atom. The highest BCUT2D eigenvalue weighted by Gasteiger charge is 2.30. The van der Waals surface area contributed by atoms with Crippen molar-refractivity contribution in [1.82, 2.24) is 4.98 Å². The molecule has 1 aromatic heterocycles. The van der Waals surface area contributed by atoms with Crippen LogP contribution in [0.4, 0.5) is 18.9 Å². The number of rotatable bonds is 6. The van der Waals surface area contributed by atoms with Crippen LogP contribution in [0.2, 0.25) is 0 Å². The van der Waals surface area contributed by atoms with Crippen LogP contribution in [-0.2, 0) is 6.42 Å². The molecule has 0 fully saturated rings. The maximum absolute atomic E-state index is 12.2. The number of ether oxygens (including phenoxy) is 1. The van der Waals surface area contributed by atoms with Crippen LogP contribution in [0.15, 0.2) is 64.2 Å². The van der Waals surface area contributed by atoms with E-state index >= 15 is 0 Å². The van der Waals surface area contributed by atoms with E-state index in [0.717, 1.165) is 16.8 Å². The van der Waals surface area contributed by atoms with Crippen molar-refractivity contribution in [3.05, 3.63) is 66.1 Å². The zero-order valence-electron chi connectivity index (χ0n) is 15.9. The lowest BCUT2D eigenvalue weighted by Crippen LogP contribution is -2.23. The number of nitrogens with two attached hydrogens (primary N) is 1. The molecule has 0 aliphatic carbocycles. The Labute approximate surface area is 188 Å². The summed E-state index contributed by atoms with van der Waals surface area (Å²) in [4.78, 5) is 8.61. The second kappa shape index (κ2) is 10.3. The van der Waals surface area contributed by atoms with E-state index < -0.39 is 6.36 Å². The number of aryl methyl sites for hydroxylation is 1. The smallest absolute Gasteiger partial charge is 0.444 e. The van der Waals surface area contributed by atoms with Gasteiger partial charge in [-0.25, -0.2) is 4.98 Å². The fraction of sp³-hybridized carbons (Fsp3) is 0.200. The van der Waals surface area contributed by atoms with Crippen molar-refractivity contribution >= 4 is 35.6 Å². The second-order valence-corrected chi connectivity index (χ2v) is 6.22. The standard InChI is InChI=1S/C20H19F3N4O2.HI/c1-13-2-4-14(5-3-13)18-26-16(12-28-18)10-11-25-19(24)27-15-6-8-17(9-7-15)29-20(21,22)23;/h2-9,12H,10-11H2,1H3,(H3,24,25,27);1H. The first-order valence-corrected chi connectivity index (χ1v) is 8.73. The third kappa shape index (κ3) is 7.25. The number of alkyl halides is 3. The molecule has 2 aromatic carbocycles. The van der Waals surface area contributed by atoms with E-state index in [1.807, 2.05) is 31.2 Å². The normalized spacial score (nSPS) is 11.7. The molecule has 160 valence electrons. The molecule has 0 bridgehead atoms. The summed E-state index contributed by atoms with van der Waals surface area (Å²) >= 11 is 0. The fourth-order valence-electron chi connectivity index (χ4n) is 2.47. The quantitative estimate of drug-likeness (QED) is 0.261. The van der Waals surface area contributed by atoms with Gasteiger partial charge in [-0.1, -0.05) is 17.7 Å². The van der Waals surface area contributed by atoms with Gasteiger partial charge in [0.25, 0.3) is 0 Å². The summed E-state index contributed by atoms with van der Waals surface area (Å²) in [7, 11) is 0. The van der Waals surface area contributed by atoms with Gasteiger partial charge in [-0.3, -0.25) is 4.99 Å². The molecule has 0 unspecified atom stereocenters. The minimum Gasteiger partial charge on any atom is -0.444 e. The summed E-state index contributed by atoms with van der Waals surface area (Å²) in [6.45, 7) is 2.37. The van der Waals surface area contributed by atoms with Crippen molar-refractivity contribution < 1.29 is 22.3 Å². The van der Waals surface area contributed by atoms with Crippen LogP contribution in [0.25, 0.3) is 11.5 Å². The summed E-state index contributed by atoms with van der Waals surface area (Å²) < 4.78 is 45.8. The number of benzene rings is 2. The van der Waals surface area contributed by atoms with Crippen LogP contribution in [-0.4, -0.2) is 23.9 Å². The van der Waals surface area contributed by atoms with E-state index in [1.54, 1.807) is 6.26 Å². The van der Waals surface area contributed by atoms with Crippen molar-refractivity contribution in [2.75, 3.05) is 11.9 Å². The third-order valence-electron chi connectivity index (χ3n) is 3.86. The van der Waals surface area contributed by atoms with Crippen molar-refractivity contribution in [2.45, 2.75) is 19.7 Å². The molecular weight excluding hydrogens is 512 g/mol. The molecule has 0 saturated heterocycles. The molecule has 3 rings (SSSR count). The van der Waals surface area contributed by atoms with E-state index in [1.165, 1.54) is 24.3 Å². The molecule has 3 N–H and O–H groups in total. The van der Waals surface area contributed by atoms with Gasteiger partial charge >= 0.3 is 6.36 Å². The molecule has 0 amide bonds. The van der Waals surface area contributed by atoms with Gasteiger partial charge in [-0.15, -0.1) is 37.1 Å². The Kier molecular flexibility index (Phi) is 8.09. The first-order chi connectivity index (χ1) is 13.8. The lowest BCUT2D eigenvalue weighted by molar-refractivity contribution is -0.274. The number of anilines is 1. The van der Waals surface area contributed by atoms with Crippen LogP contribution in [0.3, 0.4) is 0 Å². The lowest BCUT2D eigenvalue weighted by Gasteiger charge is -2.10. The highest BCUT2D eigenvalue weighted by molar-refractivity contribution is 14.0. The van der Waals surface area contributed by atoms with Crippen LogP contribution in [0, 0.1) is 6.92 Å². The number of hydrogen-bond donors (Lipinski definition) is 2. The maximum atomic E-state index is 12.2. The summed E-state index contributed by atoms with van der Waals surface area (Å²) in [5, 5.41) is 2.80. The number of oxazole rings is 1. The predicted molar refractivity (Wildman–Crippen MR) is 119 cm³/mol. The Balaban J connectivity index is 0.00000320. The van der Waals surface area contributed by atoms with Gasteiger partial charge in [0.05, 0.1) is 5.69 Å². The van der Waals surface area contributed by atoms with Gasteiger partial charge in [0.15, 0.2) is 5.96 Å². The second-order valence-electron chi connectivity index (χ2n) is 6.22. The number of guanidine groups is 1. The molecule has 30 heavy (non-hydrogen) atoms. The molecule has 0 saturated carbocycles. The highest BCUT2D eigenvalue weighted by Crippen LogP contribution is 2.24. The van der Waals surface area contributed by atoms with E-state index in [9.17, 15) is 13.2 Å². The Morgan fingerprint density at radius 2 is 1.80 bits per heavy atom. The Morgan fingerprint density at radius 3 is 2.43 bits per heavy atom. The molecule has 3 aromatic rings. The number of aromatic nitrogens is 1. The maximum Gasteiger partial charge on any atom is 0.573 e. The van der Waals surface area contributed by atoms with E-state index in [4.69, 9.17) is 10.2 Å². The van der Waals surface area contributed by atoms with Crippen LogP contribution >= 0.6 is 24.0 Å². The van der Waals surface area contributed by atoms with Crippen molar-refractivity contribution in [2.24, 2.45) is 10.7 Å². The van der Waals surface area contributed by atoms with Gasteiger partial charge in [0.1, 0.15) is 12.0 Å². The molecule has 0 radical (unpaired) electrons. The molecular formula is C20H20F3IN4O2. The largest absolute Gasteiger partial charge is 0.573 e. The summed E-state index contributed by atoms with van der Waals surface area (Å²) in [5.74, 6) is 0.363.